The van der Waals surface area contributed by atoms with E-state index >= 15 is 0 Å². The Balaban J connectivity index is 3.31. The molecular formula is C8H8N4. The average Bonchev–Trinajstić information content (AvgIpc) is 2.09. The molecule has 1 aromatic carbocycles. The lowest BCUT2D eigenvalue weighted by atomic mass is 10.1. The molecule has 0 radical (unpaired) electrons. The standard InChI is InChI=1S/C8H8N4/c1-2-6-4-3-5-7(8(6)9)11-12-10/h2-5H,1,9H2. The van der Waals surface area contributed by atoms with E-state index in [1.807, 2.05) is 0 Å². The Morgan fingerprint density at radius 2 is 2.33 bits per heavy atom. The van der Waals surface area contributed by atoms with Crippen LogP contribution in [0.5, 0.6) is 0 Å². The van der Waals surface area contributed by atoms with Gasteiger partial charge >= 0.3 is 0 Å². The quantitative estimate of drug-likeness (QED) is 0.307. The minimum absolute atomic E-state index is 0.440. The molecule has 12 heavy (non-hydrogen) atoms. The molecule has 2 N–H and O–H groups in total. The highest BCUT2D eigenvalue weighted by Crippen LogP contribution is 2.25. The second kappa shape index (κ2) is 3.46. The minimum atomic E-state index is 0.440. The SMILES string of the molecule is C=Cc1cccc(N=[N+]=[N-])c1N. The zero-order valence-corrected chi connectivity index (χ0v) is 6.44. The molecule has 0 spiro atoms. The number of anilines is 1. The van der Waals surface area contributed by atoms with Crippen molar-refractivity contribution >= 4 is 17.5 Å². The summed E-state index contributed by atoms with van der Waals surface area (Å²) in [5.41, 5.74) is 15.5. The maximum absolute atomic E-state index is 8.18. The summed E-state index contributed by atoms with van der Waals surface area (Å²) in [6.45, 7) is 3.58. The molecule has 0 saturated heterocycles. The molecule has 0 aliphatic rings. The number of nitrogens with two attached hydrogens (primary N) is 1. The number of nitrogens with zero attached hydrogens (tertiary/aromatic N) is 3. The Bertz CT molecular complexity index is 350. The second-order valence-electron chi connectivity index (χ2n) is 2.17. The van der Waals surface area contributed by atoms with E-state index in [0.717, 1.165) is 5.56 Å². The van der Waals surface area contributed by atoms with Gasteiger partial charge in [-0.05, 0) is 11.1 Å². The van der Waals surface area contributed by atoms with Gasteiger partial charge in [0.15, 0.2) is 0 Å². The molecule has 0 aromatic heterocycles. The van der Waals surface area contributed by atoms with Crippen LogP contribution < -0.4 is 5.73 Å². The summed E-state index contributed by atoms with van der Waals surface area (Å²) >= 11 is 0. The van der Waals surface area contributed by atoms with Crippen molar-refractivity contribution in [2.45, 2.75) is 0 Å². The third kappa shape index (κ3) is 1.38. The normalized spacial score (nSPS) is 8.67. The number of azide groups is 1. The van der Waals surface area contributed by atoms with E-state index in [0.29, 0.717) is 11.4 Å². The first-order valence-corrected chi connectivity index (χ1v) is 3.35. The molecular weight excluding hydrogens is 152 g/mol. The summed E-state index contributed by atoms with van der Waals surface area (Å²) in [7, 11) is 0. The van der Waals surface area contributed by atoms with Crippen LogP contribution in [0.1, 0.15) is 5.56 Å². The fourth-order valence-corrected chi connectivity index (χ4v) is 0.884. The van der Waals surface area contributed by atoms with Crippen LogP contribution in [0.25, 0.3) is 16.5 Å². The Kier molecular flexibility index (Phi) is 2.35. The van der Waals surface area contributed by atoms with Gasteiger partial charge in [-0.3, -0.25) is 0 Å². The maximum atomic E-state index is 8.18. The molecule has 1 aromatic rings. The van der Waals surface area contributed by atoms with Crippen molar-refractivity contribution in [3.63, 3.8) is 0 Å². The third-order valence-corrected chi connectivity index (χ3v) is 1.49. The van der Waals surface area contributed by atoms with E-state index in [4.69, 9.17) is 11.3 Å². The van der Waals surface area contributed by atoms with Gasteiger partial charge in [0.05, 0.1) is 5.69 Å². The molecule has 0 heterocycles. The van der Waals surface area contributed by atoms with Crippen molar-refractivity contribution in [3.05, 3.63) is 40.8 Å². The molecule has 0 unspecified atom stereocenters. The lowest BCUT2D eigenvalue weighted by Gasteiger charge is -2.01. The molecule has 4 heteroatoms. The van der Waals surface area contributed by atoms with Gasteiger partial charge in [0.2, 0.25) is 0 Å². The number of para-hydroxylation sites is 1. The molecule has 60 valence electrons. The van der Waals surface area contributed by atoms with Crippen molar-refractivity contribution in [3.8, 4) is 0 Å². The second-order valence-corrected chi connectivity index (χ2v) is 2.17. The molecule has 0 atom stereocenters. The van der Waals surface area contributed by atoms with Crippen LogP contribution in [0.3, 0.4) is 0 Å². The number of hydrogen-bond acceptors (Lipinski definition) is 2. The Morgan fingerprint density at radius 3 is 2.92 bits per heavy atom. The van der Waals surface area contributed by atoms with E-state index in [2.05, 4.69) is 16.6 Å². The van der Waals surface area contributed by atoms with Crippen LogP contribution in [0.15, 0.2) is 29.9 Å². The molecule has 0 amide bonds. The smallest absolute Gasteiger partial charge is 0.0611 e. The van der Waals surface area contributed by atoms with Gasteiger partial charge in [-0.1, -0.05) is 36.0 Å². The lowest BCUT2D eigenvalue weighted by molar-refractivity contribution is 1.47. The Hall–Kier alpha value is -1.93. The van der Waals surface area contributed by atoms with Gasteiger partial charge in [-0.25, -0.2) is 0 Å². The van der Waals surface area contributed by atoms with Crippen LogP contribution >= 0.6 is 0 Å². The maximum Gasteiger partial charge on any atom is 0.0611 e. The summed E-state index contributed by atoms with van der Waals surface area (Å²) in [6, 6.07) is 5.22. The summed E-state index contributed by atoms with van der Waals surface area (Å²) in [4.78, 5) is 2.65. The highest BCUT2D eigenvalue weighted by Gasteiger charge is 1.98. The number of hydrogen-bond donors (Lipinski definition) is 1. The number of rotatable bonds is 2. The molecule has 0 aliphatic heterocycles. The van der Waals surface area contributed by atoms with Gasteiger partial charge in [0.1, 0.15) is 0 Å². The highest BCUT2D eigenvalue weighted by molar-refractivity contribution is 5.74. The van der Waals surface area contributed by atoms with Crippen LogP contribution in [0.4, 0.5) is 11.4 Å². The topological polar surface area (TPSA) is 74.8 Å². The van der Waals surface area contributed by atoms with E-state index in [-0.39, 0.29) is 0 Å². The zero-order chi connectivity index (χ0) is 8.97. The fourth-order valence-electron chi connectivity index (χ4n) is 0.884. The van der Waals surface area contributed by atoms with Crippen LogP contribution in [0, 0.1) is 0 Å². The van der Waals surface area contributed by atoms with Crippen molar-refractivity contribution in [2.75, 3.05) is 5.73 Å². The summed E-state index contributed by atoms with van der Waals surface area (Å²) in [6.07, 6.45) is 1.62. The monoisotopic (exact) mass is 160 g/mol. The van der Waals surface area contributed by atoms with Gasteiger partial charge < -0.3 is 5.73 Å². The van der Waals surface area contributed by atoms with Gasteiger partial charge in [0.25, 0.3) is 0 Å². The van der Waals surface area contributed by atoms with Crippen molar-refractivity contribution < 1.29 is 0 Å². The van der Waals surface area contributed by atoms with Gasteiger partial charge in [0, 0.05) is 10.6 Å². The average molecular weight is 160 g/mol. The van der Waals surface area contributed by atoms with Crippen molar-refractivity contribution in [1.29, 1.82) is 0 Å². The van der Waals surface area contributed by atoms with Gasteiger partial charge in [-0.15, -0.1) is 0 Å². The summed E-state index contributed by atoms with van der Waals surface area (Å²) in [5, 5.41) is 3.42. The molecule has 0 saturated carbocycles. The Morgan fingerprint density at radius 1 is 1.58 bits per heavy atom. The fraction of sp³-hybridized carbons (Fsp3) is 0. The first-order chi connectivity index (χ1) is 5.79. The lowest BCUT2D eigenvalue weighted by Crippen LogP contribution is -1.88. The highest BCUT2D eigenvalue weighted by atomic mass is 15.1. The molecule has 1 rings (SSSR count). The van der Waals surface area contributed by atoms with Crippen molar-refractivity contribution in [2.24, 2.45) is 5.11 Å². The van der Waals surface area contributed by atoms with E-state index in [1.54, 1.807) is 24.3 Å². The van der Waals surface area contributed by atoms with E-state index in [1.165, 1.54) is 0 Å². The third-order valence-electron chi connectivity index (χ3n) is 1.49. The van der Waals surface area contributed by atoms with Crippen LogP contribution in [-0.2, 0) is 0 Å². The predicted octanol–water partition coefficient (Wildman–Crippen LogP) is 2.85. The molecule has 0 aliphatic carbocycles. The van der Waals surface area contributed by atoms with Crippen LogP contribution in [-0.4, -0.2) is 0 Å². The van der Waals surface area contributed by atoms with Crippen molar-refractivity contribution in [1.82, 2.24) is 0 Å². The molecule has 0 fully saturated rings. The summed E-state index contributed by atoms with van der Waals surface area (Å²) < 4.78 is 0. The first-order valence-electron chi connectivity index (χ1n) is 3.35. The van der Waals surface area contributed by atoms with E-state index in [9.17, 15) is 0 Å². The number of nitrogen functional groups attached to an aromatic ring is 1. The first kappa shape index (κ1) is 8.17. The molecule has 0 bridgehead atoms. The predicted molar refractivity (Wildman–Crippen MR) is 49.8 cm³/mol. The zero-order valence-electron chi connectivity index (χ0n) is 6.44. The van der Waals surface area contributed by atoms with Gasteiger partial charge in [-0.2, -0.15) is 0 Å². The van der Waals surface area contributed by atoms with Crippen LogP contribution in [0.2, 0.25) is 0 Å². The Labute approximate surface area is 69.9 Å². The summed E-state index contributed by atoms with van der Waals surface area (Å²) in [5.74, 6) is 0. The minimum Gasteiger partial charge on any atom is -0.398 e. The largest absolute Gasteiger partial charge is 0.398 e. The molecule has 4 nitrogen and oxygen atoms in total. The number of benzene rings is 1. The van der Waals surface area contributed by atoms with E-state index < -0.39 is 0 Å².